The molecule has 0 unspecified atom stereocenters. The lowest BCUT2D eigenvalue weighted by Gasteiger charge is -2.09. The molecular weight excluding hydrogens is 222 g/mol. The fourth-order valence-electron chi connectivity index (χ4n) is 1.86. The van der Waals surface area contributed by atoms with Crippen molar-refractivity contribution in [2.24, 2.45) is 0 Å². The molecule has 0 saturated heterocycles. The zero-order valence-corrected chi connectivity index (χ0v) is 11.9. The largest absolute Gasteiger partial charge is 0.494 e. The van der Waals surface area contributed by atoms with Crippen molar-refractivity contribution < 1.29 is 4.74 Å². The summed E-state index contributed by atoms with van der Waals surface area (Å²) in [6.07, 6.45) is 7.55. The summed E-state index contributed by atoms with van der Waals surface area (Å²) in [7, 11) is 0. The average molecular weight is 249 g/mol. The molecular formula is C16H27NO. The standard InChI is InChI=1S/C16H27NO/c1-3-5-6-7-8-13-18-16-11-9-10-15(14-16)17-12-4-2/h9-11,14,17H,3-8,12-13H2,1-2H3. The first-order valence-electron chi connectivity index (χ1n) is 7.33. The van der Waals surface area contributed by atoms with Gasteiger partial charge in [-0.3, -0.25) is 0 Å². The molecule has 2 heteroatoms. The van der Waals surface area contributed by atoms with Crippen LogP contribution in [0.15, 0.2) is 24.3 Å². The van der Waals surface area contributed by atoms with Gasteiger partial charge in [-0.1, -0.05) is 45.6 Å². The van der Waals surface area contributed by atoms with E-state index in [9.17, 15) is 0 Å². The number of hydrogen-bond donors (Lipinski definition) is 1. The van der Waals surface area contributed by atoms with Crippen LogP contribution in [0, 0.1) is 0 Å². The summed E-state index contributed by atoms with van der Waals surface area (Å²) in [5, 5.41) is 3.37. The molecule has 0 radical (unpaired) electrons. The van der Waals surface area contributed by atoms with Crippen LogP contribution in [0.4, 0.5) is 5.69 Å². The summed E-state index contributed by atoms with van der Waals surface area (Å²) in [5.41, 5.74) is 1.15. The number of unbranched alkanes of at least 4 members (excludes halogenated alkanes) is 4. The zero-order chi connectivity index (χ0) is 13.1. The molecule has 0 aliphatic heterocycles. The molecule has 0 bridgehead atoms. The number of ether oxygens (including phenoxy) is 1. The van der Waals surface area contributed by atoms with E-state index in [0.29, 0.717) is 0 Å². The van der Waals surface area contributed by atoms with Crippen molar-refractivity contribution in [3.05, 3.63) is 24.3 Å². The van der Waals surface area contributed by atoms with Gasteiger partial charge < -0.3 is 10.1 Å². The van der Waals surface area contributed by atoms with E-state index in [1.807, 2.05) is 12.1 Å². The normalized spacial score (nSPS) is 10.3. The maximum Gasteiger partial charge on any atom is 0.121 e. The molecule has 2 nitrogen and oxygen atoms in total. The van der Waals surface area contributed by atoms with E-state index in [2.05, 4.69) is 31.3 Å². The van der Waals surface area contributed by atoms with Crippen LogP contribution in [0.2, 0.25) is 0 Å². The van der Waals surface area contributed by atoms with Crippen LogP contribution in [0.25, 0.3) is 0 Å². The Morgan fingerprint density at radius 2 is 1.83 bits per heavy atom. The van der Waals surface area contributed by atoms with Gasteiger partial charge >= 0.3 is 0 Å². The number of anilines is 1. The van der Waals surface area contributed by atoms with E-state index in [1.54, 1.807) is 0 Å². The van der Waals surface area contributed by atoms with Crippen molar-refractivity contribution >= 4 is 5.69 Å². The summed E-state index contributed by atoms with van der Waals surface area (Å²) in [5.74, 6) is 0.978. The fraction of sp³-hybridized carbons (Fsp3) is 0.625. The lowest BCUT2D eigenvalue weighted by molar-refractivity contribution is 0.304. The highest BCUT2D eigenvalue weighted by Crippen LogP contribution is 2.17. The van der Waals surface area contributed by atoms with Crippen LogP contribution < -0.4 is 10.1 Å². The van der Waals surface area contributed by atoms with Crippen molar-refractivity contribution in [3.63, 3.8) is 0 Å². The topological polar surface area (TPSA) is 21.3 Å². The molecule has 0 amide bonds. The molecule has 0 aliphatic rings. The molecule has 0 aliphatic carbocycles. The number of rotatable bonds is 10. The van der Waals surface area contributed by atoms with E-state index < -0.39 is 0 Å². The predicted molar refractivity (Wildman–Crippen MR) is 79.5 cm³/mol. The van der Waals surface area contributed by atoms with Crippen LogP contribution >= 0.6 is 0 Å². The van der Waals surface area contributed by atoms with Gasteiger partial charge in [0, 0.05) is 18.3 Å². The molecule has 1 aromatic rings. The van der Waals surface area contributed by atoms with Crippen LogP contribution in [0.1, 0.15) is 52.4 Å². The maximum atomic E-state index is 5.77. The lowest BCUT2D eigenvalue weighted by Crippen LogP contribution is -2.01. The number of hydrogen-bond acceptors (Lipinski definition) is 2. The molecule has 0 saturated carbocycles. The minimum absolute atomic E-state index is 0.834. The first kappa shape index (κ1) is 14.9. The molecule has 1 N–H and O–H groups in total. The number of benzene rings is 1. The van der Waals surface area contributed by atoms with Crippen molar-refractivity contribution in [1.29, 1.82) is 0 Å². The predicted octanol–water partition coefficient (Wildman–Crippen LogP) is 4.86. The van der Waals surface area contributed by atoms with Crippen LogP contribution in [-0.2, 0) is 0 Å². The second kappa shape index (κ2) is 9.81. The third-order valence-corrected chi connectivity index (χ3v) is 2.93. The van der Waals surface area contributed by atoms with Crippen molar-refractivity contribution in [3.8, 4) is 5.75 Å². The fourth-order valence-corrected chi connectivity index (χ4v) is 1.86. The molecule has 1 aromatic carbocycles. The Kier molecular flexibility index (Phi) is 8.11. The Morgan fingerprint density at radius 1 is 1.00 bits per heavy atom. The van der Waals surface area contributed by atoms with Gasteiger partial charge in [-0.05, 0) is 25.0 Å². The summed E-state index contributed by atoms with van der Waals surface area (Å²) >= 11 is 0. The van der Waals surface area contributed by atoms with Crippen LogP contribution in [0.3, 0.4) is 0 Å². The van der Waals surface area contributed by atoms with Gasteiger partial charge in [0.1, 0.15) is 5.75 Å². The molecule has 102 valence electrons. The van der Waals surface area contributed by atoms with E-state index in [0.717, 1.165) is 37.4 Å². The highest BCUT2D eigenvalue weighted by molar-refractivity contribution is 5.48. The Bertz CT molecular complexity index is 312. The Hall–Kier alpha value is -1.18. The SMILES string of the molecule is CCCCCCCOc1cccc(NCCC)c1. The lowest BCUT2D eigenvalue weighted by atomic mass is 10.2. The summed E-state index contributed by atoms with van der Waals surface area (Å²) in [6.45, 7) is 6.26. The molecule has 0 atom stereocenters. The van der Waals surface area contributed by atoms with Crippen molar-refractivity contribution in [1.82, 2.24) is 0 Å². The Balaban J connectivity index is 2.20. The molecule has 0 fully saturated rings. The van der Waals surface area contributed by atoms with Gasteiger partial charge in [0.15, 0.2) is 0 Å². The smallest absolute Gasteiger partial charge is 0.121 e. The van der Waals surface area contributed by atoms with Gasteiger partial charge in [0.05, 0.1) is 6.61 Å². The second-order valence-electron chi connectivity index (χ2n) is 4.72. The molecule has 0 aromatic heterocycles. The highest BCUT2D eigenvalue weighted by atomic mass is 16.5. The molecule has 18 heavy (non-hydrogen) atoms. The first-order chi connectivity index (χ1) is 8.86. The third kappa shape index (κ3) is 6.53. The van der Waals surface area contributed by atoms with Gasteiger partial charge in [0.25, 0.3) is 0 Å². The Labute approximate surface area is 112 Å². The quantitative estimate of drug-likeness (QED) is 0.598. The average Bonchev–Trinajstić information content (AvgIpc) is 2.41. The summed E-state index contributed by atoms with van der Waals surface area (Å²) in [6, 6.07) is 8.25. The van der Waals surface area contributed by atoms with Gasteiger partial charge in [-0.2, -0.15) is 0 Å². The maximum absolute atomic E-state index is 5.77. The van der Waals surface area contributed by atoms with Crippen LogP contribution in [-0.4, -0.2) is 13.2 Å². The van der Waals surface area contributed by atoms with Crippen LogP contribution in [0.5, 0.6) is 5.75 Å². The minimum atomic E-state index is 0.834. The van der Waals surface area contributed by atoms with Crippen molar-refractivity contribution in [2.45, 2.75) is 52.4 Å². The van der Waals surface area contributed by atoms with Gasteiger partial charge in [-0.25, -0.2) is 0 Å². The highest BCUT2D eigenvalue weighted by Gasteiger charge is 1.96. The molecule has 0 spiro atoms. The minimum Gasteiger partial charge on any atom is -0.494 e. The Morgan fingerprint density at radius 3 is 2.61 bits per heavy atom. The van der Waals surface area contributed by atoms with E-state index in [4.69, 9.17) is 4.74 Å². The molecule has 1 rings (SSSR count). The second-order valence-corrected chi connectivity index (χ2v) is 4.72. The van der Waals surface area contributed by atoms with Crippen molar-refractivity contribution in [2.75, 3.05) is 18.5 Å². The number of nitrogens with one attached hydrogen (secondary N) is 1. The first-order valence-corrected chi connectivity index (χ1v) is 7.33. The van der Waals surface area contributed by atoms with Gasteiger partial charge in [0.2, 0.25) is 0 Å². The summed E-state index contributed by atoms with van der Waals surface area (Å²) in [4.78, 5) is 0. The van der Waals surface area contributed by atoms with E-state index >= 15 is 0 Å². The third-order valence-electron chi connectivity index (χ3n) is 2.93. The van der Waals surface area contributed by atoms with E-state index in [-0.39, 0.29) is 0 Å². The van der Waals surface area contributed by atoms with E-state index in [1.165, 1.54) is 25.7 Å². The zero-order valence-electron chi connectivity index (χ0n) is 11.9. The monoisotopic (exact) mass is 249 g/mol. The van der Waals surface area contributed by atoms with Gasteiger partial charge in [-0.15, -0.1) is 0 Å². The molecule has 0 heterocycles. The summed E-state index contributed by atoms with van der Waals surface area (Å²) < 4.78 is 5.77.